The maximum absolute atomic E-state index is 11.0. The second kappa shape index (κ2) is 7.47. The molecule has 21 heavy (non-hydrogen) atoms. The molecule has 0 saturated carbocycles. The molecule has 0 unspecified atom stereocenters. The molecule has 0 N–H and O–H groups in total. The summed E-state index contributed by atoms with van der Waals surface area (Å²) in [6, 6.07) is 2.85. The minimum Gasteiger partial charge on any atom is -0.493 e. The Labute approximate surface area is 129 Å². The molecule has 1 aromatic rings. The van der Waals surface area contributed by atoms with E-state index in [0.29, 0.717) is 23.7 Å². The molecule has 0 aliphatic carbocycles. The quantitative estimate of drug-likeness (QED) is 0.333. The number of nitro benzene ring substituents is 1. The second-order valence-electron chi connectivity index (χ2n) is 5.33. The lowest BCUT2D eigenvalue weighted by Crippen LogP contribution is -2.22. The Morgan fingerprint density at radius 1 is 1.24 bits per heavy atom. The topological polar surface area (TPSA) is 70.8 Å². The summed E-state index contributed by atoms with van der Waals surface area (Å²) in [7, 11) is 1.47. The first kappa shape index (κ1) is 17.5. The molecule has 0 atom stereocenters. The lowest BCUT2D eigenvalue weighted by atomic mass is 10.2. The minimum atomic E-state index is -0.490. The van der Waals surface area contributed by atoms with Crippen molar-refractivity contribution in [2.75, 3.05) is 20.3 Å². The Balaban J connectivity index is 2.85. The predicted molar refractivity (Wildman–Crippen MR) is 80.4 cm³/mol. The smallest absolute Gasteiger partial charge is 0.277 e. The van der Waals surface area contributed by atoms with E-state index in [1.54, 1.807) is 0 Å². The van der Waals surface area contributed by atoms with Crippen LogP contribution in [0.15, 0.2) is 12.1 Å². The third-order valence-electron chi connectivity index (χ3n) is 2.58. The van der Waals surface area contributed by atoms with E-state index in [1.165, 1.54) is 19.2 Å². The number of ether oxygens (including phenoxy) is 3. The van der Waals surface area contributed by atoms with E-state index in [1.807, 2.05) is 20.8 Å². The van der Waals surface area contributed by atoms with E-state index in [0.717, 1.165) is 0 Å². The Hall–Kier alpha value is -1.53. The number of hydrogen-bond donors (Lipinski definition) is 0. The zero-order valence-electron chi connectivity index (χ0n) is 12.6. The number of rotatable bonds is 7. The molecular formula is C14H20ClNO5. The van der Waals surface area contributed by atoms with Crippen molar-refractivity contribution in [1.82, 2.24) is 0 Å². The molecule has 7 heteroatoms. The van der Waals surface area contributed by atoms with Gasteiger partial charge in [0.25, 0.3) is 5.69 Å². The van der Waals surface area contributed by atoms with Gasteiger partial charge in [-0.15, -0.1) is 11.6 Å². The average Bonchev–Trinajstić information content (AvgIpc) is 2.41. The van der Waals surface area contributed by atoms with Crippen LogP contribution in [-0.2, 0) is 10.6 Å². The first-order valence-corrected chi connectivity index (χ1v) is 7.00. The van der Waals surface area contributed by atoms with Crippen LogP contribution in [0.3, 0.4) is 0 Å². The largest absolute Gasteiger partial charge is 0.493 e. The fourth-order valence-corrected chi connectivity index (χ4v) is 1.85. The number of nitrogens with zero attached hydrogens (tertiary/aromatic N) is 1. The molecule has 0 bridgehead atoms. The molecule has 1 rings (SSSR count). The summed E-state index contributed by atoms with van der Waals surface area (Å²) in [6.45, 7) is 6.46. The van der Waals surface area contributed by atoms with Crippen molar-refractivity contribution in [3.05, 3.63) is 27.8 Å². The summed E-state index contributed by atoms with van der Waals surface area (Å²) in [5.74, 6) is 0.739. The highest BCUT2D eigenvalue weighted by Crippen LogP contribution is 2.35. The average molecular weight is 318 g/mol. The van der Waals surface area contributed by atoms with Crippen LogP contribution in [-0.4, -0.2) is 30.8 Å². The molecule has 1 aromatic carbocycles. The lowest BCUT2D eigenvalue weighted by molar-refractivity contribution is -0.385. The Morgan fingerprint density at radius 2 is 1.90 bits per heavy atom. The van der Waals surface area contributed by atoms with Crippen LogP contribution < -0.4 is 9.47 Å². The van der Waals surface area contributed by atoms with E-state index in [9.17, 15) is 10.1 Å². The molecule has 0 aromatic heterocycles. The number of benzene rings is 1. The highest BCUT2D eigenvalue weighted by atomic mass is 35.5. The summed E-state index contributed by atoms with van der Waals surface area (Å²) in [5.41, 5.74) is 0.0383. The molecule has 0 amide bonds. The lowest BCUT2D eigenvalue weighted by Gasteiger charge is -2.20. The normalized spacial score (nSPS) is 11.3. The maximum Gasteiger partial charge on any atom is 0.277 e. The van der Waals surface area contributed by atoms with Crippen LogP contribution in [0.1, 0.15) is 26.3 Å². The van der Waals surface area contributed by atoms with Crippen molar-refractivity contribution in [3.8, 4) is 11.5 Å². The zero-order valence-corrected chi connectivity index (χ0v) is 13.4. The molecule has 0 aliphatic rings. The number of nitro groups is 1. The molecular weight excluding hydrogens is 298 g/mol. The van der Waals surface area contributed by atoms with Gasteiger partial charge in [-0.05, 0) is 26.8 Å². The Kier molecular flexibility index (Phi) is 6.23. The highest BCUT2D eigenvalue weighted by molar-refractivity contribution is 6.17. The van der Waals surface area contributed by atoms with Gasteiger partial charge in [-0.3, -0.25) is 10.1 Å². The Morgan fingerprint density at radius 3 is 2.38 bits per heavy atom. The number of methoxy groups -OCH3 is 1. The monoisotopic (exact) mass is 317 g/mol. The van der Waals surface area contributed by atoms with E-state index in [4.69, 9.17) is 25.8 Å². The van der Waals surface area contributed by atoms with E-state index in [2.05, 4.69) is 0 Å². The van der Waals surface area contributed by atoms with Crippen LogP contribution in [0.4, 0.5) is 5.69 Å². The number of hydrogen-bond acceptors (Lipinski definition) is 5. The van der Waals surface area contributed by atoms with Crippen molar-refractivity contribution >= 4 is 17.3 Å². The molecule has 0 saturated heterocycles. The van der Waals surface area contributed by atoms with Crippen LogP contribution in [0.5, 0.6) is 11.5 Å². The van der Waals surface area contributed by atoms with E-state index >= 15 is 0 Å². The van der Waals surface area contributed by atoms with Gasteiger partial charge in [0.2, 0.25) is 0 Å². The molecule has 0 radical (unpaired) electrons. The zero-order chi connectivity index (χ0) is 16.0. The molecule has 0 aliphatic heterocycles. The first-order valence-electron chi connectivity index (χ1n) is 6.46. The third-order valence-corrected chi connectivity index (χ3v) is 2.87. The summed E-state index contributed by atoms with van der Waals surface area (Å²) in [5, 5.41) is 11.0. The summed E-state index contributed by atoms with van der Waals surface area (Å²) < 4.78 is 16.2. The van der Waals surface area contributed by atoms with Gasteiger partial charge >= 0.3 is 0 Å². The Bertz CT molecular complexity index is 499. The number of alkyl halides is 1. The fraction of sp³-hybridized carbons (Fsp3) is 0.571. The minimum absolute atomic E-state index is 0.0279. The van der Waals surface area contributed by atoms with Crippen LogP contribution in [0.2, 0.25) is 0 Å². The van der Waals surface area contributed by atoms with Gasteiger partial charge < -0.3 is 14.2 Å². The standard InChI is InChI=1S/C14H20ClNO5/c1-14(2,3)21-6-5-20-13-8-11(16(17)18)10(9-15)7-12(13)19-4/h7-8H,5-6,9H2,1-4H3. The van der Waals surface area contributed by atoms with Crippen molar-refractivity contribution in [1.29, 1.82) is 0 Å². The first-order chi connectivity index (χ1) is 9.78. The predicted octanol–water partition coefficient (Wildman–Crippen LogP) is 3.54. The van der Waals surface area contributed by atoms with Gasteiger partial charge in [0.15, 0.2) is 11.5 Å². The highest BCUT2D eigenvalue weighted by Gasteiger charge is 2.19. The van der Waals surface area contributed by atoms with Crippen LogP contribution >= 0.6 is 11.6 Å². The van der Waals surface area contributed by atoms with Gasteiger partial charge in [-0.25, -0.2) is 0 Å². The molecule has 0 fully saturated rings. The van der Waals surface area contributed by atoms with Crippen molar-refractivity contribution in [2.45, 2.75) is 32.3 Å². The molecule has 0 heterocycles. The van der Waals surface area contributed by atoms with Gasteiger partial charge in [0, 0.05) is 5.56 Å². The number of halogens is 1. The van der Waals surface area contributed by atoms with E-state index < -0.39 is 4.92 Å². The second-order valence-corrected chi connectivity index (χ2v) is 5.60. The van der Waals surface area contributed by atoms with Crippen LogP contribution in [0, 0.1) is 10.1 Å². The van der Waals surface area contributed by atoms with Gasteiger partial charge in [0.1, 0.15) is 6.61 Å². The van der Waals surface area contributed by atoms with Gasteiger partial charge in [-0.2, -0.15) is 0 Å². The maximum atomic E-state index is 11.0. The summed E-state index contributed by atoms with van der Waals surface area (Å²) in [4.78, 5) is 10.5. The summed E-state index contributed by atoms with van der Waals surface area (Å²) in [6.07, 6.45) is 0. The molecule has 0 spiro atoms. The van der Waals surface area contributed by atoms with Crippen molar-refractivity contribution < 1.29 is 19.1 Å². The third kappa shape index (κ3) is 5.40. The molecule has 118 valence electrons. The van der Waals surface area contributed by atoms with Crippen molar-refractivity contribution in [2.24, 2.45) is 0 Å². The van der Waals surface area contributed by atoms with Gasteiger partial charge in [-0.1, -0.05) is 0 Å². The SMILES string of the molecule is COc1cc(CCl)c([N+](=O)[O-])cc1OCCOC(C)(C)C. The van der Waals surface area contributed by atoms with E-state index in [-0.39, 0.29) is 23.8 Å². The van der Waals surface area contributed by atoms with Gasteiger partial charge in [0.05, 0.1) is 36.2 Å². The van der Waals surface area contributed by atoms with Crippen LogP contribution in [0.25, 0.3) is 0 Å². The summed E-state index contributed by atoms with van der Waals surface area (Å²) >= 11 is 5.71. The van der Waals surface area contributed by atoms with Crippen molar-refractivity contribution in [3.63, 3.8) is 0 Å². The fourth-order valence-electron chi connectivity index (χ4n) is 1.64. The molecule has 6 nitrogen and oxygen atoms in total.